The van der Waals surface area contributed by atoms with Gasteiger partial charge in [0.05, 0.1) is 6.21 Å². The molecule has 0 saturated heterocycles. The van der Waals surface area contributed by atoms with E-state index in [2.05, 4.69) is 9.99 Å². The van der Waals surface area contributed by atoms with Crippen LogP contribution in [0.4, 0.5) is 4.79 Å². The lowest BCUT2D eigenvalue weighted by atomic mass is 10.2. The van der Waals surface area contributed by atoms with Crippen molar-refractivity contribution in [2.45, 2.75) is 21.7 Å². The van der Waals surface area contributed by atoms with Gasteiger partial charge < -0.3 is 0 Å². The minimum atomic E-state index is -3.37. The Morgan fingerprint density at radius 3 is 2.21 bits per heavy atom. The molecule has 0 atom stereocenters. The van der Waals surface area contributed by atoms with Crippen LogP contribution in [0.1, 0.15) is 13.8 Å². The summed E-state index contributed by atoms with van der Waals surface area (Å²) in [7, 11) is -2.06. The van der Waals surface area contributed by atoms with E-state index in [4.69, 9.17) is 34.8 Å². The molecule has 0 bridgehead atoms. The van der Waals surface area contributed by atoms with Crippen LogP contribution in [-0.4, -0.2) is 46.2 Å². The first-order valence-corrected chi connectivity index (χ1v) is 8.51. The number of carbonyl (C=O) groups is 1. The topological polar surface area (TPSA) is 76.0 Å². The smallest absolute Gasteiger partial charge is 0.298 e. The van der Waals surface area contributed by atoms with Gasteiger partial charge >= 0.3 is 6.09 Å². The molecule has 0 radical (unpaired) electrons. The van der Waals surface area contributed by atoms with E-state index >= 15 is 0 Å². The maximum absolute atomic E-state index is 11.4. The van der Waals surface area contributed by atoms with E-state index in [0.29, 0.717) is 11.9 Å². The van der Waals surface area contributed by atoms with Crippen molar-refractivity contribution < 1.29 is 18.0 Å². The molecular formula is C8H13Cl3N2O4S2. The lowest BCUT2D eigenvalue weighted by molar-refractivity contribution is 0.137. The normalized spacial score (nSPS) is 13.6. The quantitative estimate of drug-likeness (QED) is 0.250. The minimum Gasteiger partial charge on any atom is -0.298 e. The Labute approximate surface area is 131 Å². The molecule has 0 N–H and O–H groups in total. The van der Waals surface area contributed by atoms with Crippen LogP contribution in [-0.2, 0) is 14.7 Å². The van der Waals surface area contributed by atoms with Gasteiger partial charge in [-0.05, 0) is 13.8 Å². The molecule has 6 nitrogen and oxygen atoms in total. The van der Waals surface area contributed by atoms with E-state index in [1.54, 1.807) is 0 Å². The van der Waals surface area contributed by atoms with Crippen molar-refractivity contribution in [1.82, 2.24) is 4.31 Å². The number of amides is 1. The van der Waals surface area contributed by atoms with Crippen LogP contribution in [0.3, 0.4) is 0 Å². The zero-order valence-electron chi connectivity index (χ0n) is 10.6. The van der Waals surface area contributed by atoms with Crippen LogP contribution in [0, 0.1) is 0 Å². The van der Waals surface area contributed by atoms with Gasteiger partial charge in [-0.25, -0.2) is 17.5 Å². The maximum Gasteiger partial charge on any atom is 0.445 e. The van der Waals surface area contributed by atoms with Gasteiger partial charge in [0.15, 0.2) is 9.84 Å². The Morgan fingerprint density at radius 2 is 1.84 bits per heavy atom. The molecule has 0 aliphatic carbocycles. The highest BCUT2D eigenvalue weighted by Crippen LogP contribution is 2.40. The van der Waals surface area contributed by atoms with Crippen LogP contribution < -0.4 is 0 Å². The van der Waals surface area contributed by atoms with E-state index in [1.165, 1.54) is 20.9 Å². The summed E-state index contributed by atoms with van der Waals surface area (Å²) in [5, 5.41) is 3.32. The second kappa shape index (κ2) is 6.71. The number of hydrogen-bond acceptors (Lipinski definition) is 6. The van der Waals surface area contributed by atoms with Gasteiger partial charge in [-0.15, -0.1) is 0 Å². The summed E-state index contributed by atoms with van der Waals surface area (Å²) < 4.78 is 20.6. The number of sulfone groups is 1. The number of halogens is 3. The van der Waals surface area contributed by atoms with E-state index in [0.717, 1.165) is 16.8 Å². The number of nitrogens with zero attached hydrogens (tertiary/aromatic N) is 2. The van der Waals surface area contributed by atoms with Crippen LogP contribution in [0.15, 0.2) is 5.16 Å². The third-order valence-electron chi connectivity index (χ3n) is 1.95. The van der Waals surface area contributed by atoms with Crippen LogP contribution in [0.2, 0.25) is 0 Å². The van der Waals surface area contributed by atoms with Gasteiger partial charge in [0.25, 0.3) is 3.12 Å². The highest BCUT2D eigenvalue weighted by molar-refractivity contribution is 8.03. The Bertz CT molecular complexity index is 459. The van der Waals surface area contributed by atoms with E-state index < -0.39 is 23.8 Å². The summed E-state index contributed by atoms with van der Waals surface area (Å²) in [5.41, 5.74) is 0. The average Bonchev–Trinajstić information content (AvgIpc) is 2.12. The minimum absolute atomic E-state index is 0.591. The van der Waals surface area contributed by atoms with Gasteiger partial charge in [0.1, 0.15) is 4.75 Å². The summed E-state index contributed by atoms with van der Waals surface area (Å²) >= 11 is 17.0. The zero-order valence-corrected chi connectivity index (χ0v) is 14.5. The summed E-state index contributed by atoms with van der Waals surface area (Å²) in [6.45, 7) is 2.83. The van der Waals surface area contributed by atoms with Crippen molar-refractivity contribution in [2.24, 2.45) is 5.16 Å². The molecule has 0 heterocycles. The van der Waals surface area contributed by atoms with Crippen molar-refractivity contribution in [1.29, 1.82) is 0 Å². The molecule has 0 aromatic rings. The number of oxime groups is 1. The highest BCUT2D eigenvalue weighted by Gasteiger charge is 2.29. The first-order chi connectivity index (χ1) is 8.26. The van der Waals surface area contributed by atoms with Gasteiger partial charge in [0.2, 0.25) is 0 Å². The van der Waals surface area contributed by atoms with E-state index in [9.17, 15) is 13.2 Å². The molecule has 0 fully saturated rings. The molecule has 0 aliphatic heterocycles. The lowest BCUT2D eigenvalue weighted by Gasteiger charge is -2.18. The number of hydrogen-bond donors (Lipinski definition) is 0. The Balaban J connectivity index is 4.55. The first-order valence-electron chi connectivity index (χ1n) is 4.71. The summed E-state index contributed by atoms with van der Waals surface area (Å²) in [6, 6.07) is 0. The second-order valence-electron chi connectivity index (χ2n) is 4.00. The molecule has 0 aromatic heterocycles. The molecule has 0 spiro atoms. The van der Waals surface area contributed by atoms with Crippen molar-refractivity contribution in [3.05, 3.63) is 0 Å². The molecule has 112 valence electrons. The molecule has 0 saturated carbocycles. The van der Waals surface area contributed by atoms with Crippen LogP contribution >= 0.6 is 46.8 Å². The summed E-state index contributed by atoms with van der Waals surface area (Å²) in [6.07, 6.45) is 1.15. The largest absolute Gasteiger partial charge is 0.445 e. The fourth-order valence-electron chi connectivity index (χ4n) is 0.544. The average molecular weight is 372 g/mol. The second-order valence-corrected chi connectivity index (χ2v) is 10.9. The van der Waals surface area contributed by atoms with Crippen LogP contribution in [0.5, 0.6) is 0 Å². The fourth-order valence-corrected chi connectivity index (χ4v) is 2.13. The van der Waals surface area contributed by atoms with Crippen molar-refractivity contribution in [3.63, 3.8) is 0 Å². The van der Waals surface area contributed by atoms with E-state index in [1.807, 2.05) is 0 Å². The predicted octanol–water partition coefficient (Wildman–Crippen LogP) is 2.84. The monoisotopic (exact) mass is 370 g/mol. The number of rotatable bonds is 4. The van der Waals surface area contributed by atoms with Crippen molar-refractivity contribution >= 4 is 68.9 Å². The molecule has 1 amide bonds. The molecule has 11 heteroatoms. The SMILES string of the molecule is CN(SC(Cl)(Cl)Cl)C(=O)O/N=C/C(C)(C)S(C)(=O)=O. The standard InChI is InChI=1S/C8H13Cl3N2O4S2/c1-7(2,19(4,15)16)5-12-17-6(14)13(3)18-8(9,10)11/h5H,1-4H3/b12-5+. The molecule has 0 aliphatic rings. The lowest BCUT2D eigenvalue weighted by Crippen LogP contribution is -2.33. The number of carbonyl (C=O) groups excluding carboxylic acids is 1. The molecule has 0 rings (SSSR count). The molecule has 19 heavy (non-hydrogen) atoms. The third-order valence-corrected chi connectivity index (χ3v) is 5.22. The third kappa shape index (κ3) is 7.45. The van der Waals surface area contributed by atoms with Gasteiger partial charge in [-0.2, -0.15) is 0 Å². The number of alkyl halides is 3. The predicted molar refractivity (Wildman–Crippen MR) is 79.5 cm³/mol. The van der Waals surface area contributed by atoms with Crippen molar-refractivity contribution in [2.75, 3.05) is 13.3 Å². The molecule has 0 aromatic carbocycles. The summed E-state index contributed by atoms with van der Waals surface area (Å²) in [5.74, 6) is 0. The maximum atomic E-state index is 11.4. The van der Waals surface area contributed by atoms with Crippen molar-refractivity contribution in [3.8, 4) is 0 Å². The Morgan fingerprint density at radius 1 is 1.37 bits per heavy atom. The van der Waals surface area contributed by atoms with Gasteiger partial charge in [-0.1, -0.05) is 40.0 Å². The summed E-state index contributed by atoms with van der Waals surface area (Å²) in [4.78, 5) is 15.9. The molecular weight excluding hydrogens is 359 g/mol. The van der Waals surface area contributed by atoms with E-state index in [-0.39, 0.29) is 0 Å². The zero-order chi connectivity index (χ0) is 15.5. The fraction of sp³-hybridized carbons (Fsp3) is 0.750. The Kier molecular flexibility index (Phi) is 6.75. The van der Waals surface area contributed by atoms with Crippen LogP contribution in [0.25, 0.3) is 0 Å². The highest BCUT2D eigenvalue weighted by atomic mass is 35.6. The Hall–Kier alpha value is 0.110. The molecule has 0 unspecified atom stereocenters. The van der Waals surface area contributed by atoms with Gasteiger partial charge in [-0.3, -0.25) is 4.84 Å². The van der Waals surface area contributed by atoms with Gasteiger partial charge in [0, 0.05) is 25.3 Å². The first kappa shape index (κ1) is 19.1.